The summed E-state index contributed by atoms with van der Waals surface area (Å²) >= 11 is 0. The van der Waals surface area contributed by atoms with Crippen molar-refractivity contribution in [1.82, 2.24) is 26.6 Å². The second-order valence-electron chi connectivity index (χ2n) is 9.51. The van der Waals surface area contributed by atoms with Gasteiger partial charge in [-0.3, -0.25) is 38.6 Å². The molecule has 1 heterocycles. The van der Waals surface area contributed by atoms with Crippen LogP contribution < -0.4 is 43.8 Å². The Labute approximate surface area is 244 Å². The molecule has 0 unspecified atom stereocenters. The Hall–Kier alpha value is -3.74. The second-order valence-corrected chi connectivity index (χ2v) is 12.5. The van der Waals surface area contributed by atoms with E-state index in [2.05, 4.69) is 31.6 Å². The third kappa shape index (κ3) is 13.0. The molecule has 12 N–H and O–H groups in total. The smallest absolute Gasteiger partial charge is 0.305 e. The summed E-state index contributed by atoms with van der Waals surface area (Å²) in [6.07, 6.45) is -0.495. The van der Waals surface area contributed by atoms with Gasteiger partial charge in [0.1, 0.15) is 24.2 Å². The third-order valence-electron chi connectivity index (χ3n) is 5.50. The maximum Gasteiger partial charge on any atom is 0.305 e. The number of carbonyl (C=O) groups is 7. The van der Waals surface area contributed by atoms with E-state index < -0.39 is 83.3 Å². The number of hydrogen-bond acceptors (Lipinski definition) is 10. The molecule has 0 saturated carbocycles. The Morgan fingerprint density at radius 3 is 2.24 bits per heavy atom. The fourth-order valence-electron chi connectivity index (χ4n) is 3.53. The Bertz CT molecular complexity index is 1050. The van der Waals surface area contributed by atoms with Gasteiger partial charge in [0.15, 0.2) is 5.96 Å². The molecule has 41 heavy (non-hydrogen) atoms. The number of nitrogens with two attached hydrogens (primary N) is 3. The van der Waals surface area contributed by atoms with Crippen LogP contribution in [-0.2, 0) is 33.6 Å². The van der Waals surface area contributed by atoms with Crippen LogP contribution >= 0.6 is 21.6 Å². The van der Waals surface area contributed by atoms with Crippen molar-refractivity contribution >= 4 is 69.0 Å². The number of aliphatic imine (C=N–C) groups is 1. The van der Waals surface area contributed by atoms with E-state index in [-0.39, 0.29) is 31.1 Å². The van der Waals surface area contributed by atoms with Gasteiger partial charge in [-0.2, -0.15) is 0 Å². The number of aliphatic carboxylic acids is 1. The number of carboxylic acid groups (broad SMARTS) is 1. The lowest BCUT2D eigenvalue weighted by molar-refractivity contribution is -0.141. The van der Waals surface area contributed by atoms with Crippen molar-refractivity contribution in [3.05, 3.63) is 0 Å². The van der Waals surface area contributed by atoms with E-state index in [1.165, 1.54) is 6.92 Å². The Balaban J connectivity index is 3.37. The number of rotatable bonds is 8. The molecule has 0 aromatic carbocycles. The summed E-state index contributed by atoms with van der Waals surface area (Å²) in [6, 6.07) is -5.18. The average Bonchev–Trinajstić information content (AvgIpc) is 2.84. The van der Waals surface area contributed by atoms with Crippen LogP contribution in [0.25, 0.3) is 0 Å². The molecule has 0 aliphatic carbocycles. The molecule has 0 radical (unpaired) electrons. The van der Waals surface area contributed by atoms with Crippen molar-refractivity contribution in [1.29, 1.82) is 0 Å². The first kappa shape index (κ1) is 35.3. The van der Waals surface area contributed by atoms with Gasteiger partial charge in [0.2, 0.25) is 35.4 Å². The summed E-state index contributed by atoms with van der Waals surface area (Å²) < 4.78 is -1.10. The van der Waals surface area contributed by atoms with Crippen LogP contribution in [0.1, 0.15) is 40.0 Å². The molecule has 1 saturated heterocycles. The highest BCUT2D eigenvalue weighted by atomic mass is 33.1. The topological polar surface area (TPSA) is 290 Å². The average molecular weight is 620 g/mol. The van der Waals surface area contributed by atoms with Crippen LogP contribution in [0.4, 0.5) is 0 Å². The number of nitrogens with one attached hydrogen (secondary N) is 5. The molecule has 1 fully saturated rings. The first-order valence-electron chi connectivity index (χ1n) is 12.4. The van der Waals surface area contributed by atoms with Crippen LogP contribution in [0, 0.1) is 0 Å². The molecular formula is C22H37N9O8S2. The van der Waals surface area contributed by atoms with Gasteiger partial charge in [-0.15, -0.1) is 0 Å². The molecule has 1 aliphatic rings. The third-order valence-corrected chi connectivity index (χ3v) is 8.80. The van der Waals surface area contributed by atoms with Gasteiger partial charge in [-0.25, -0.2) is 0 Å². The zero-order valence-electron chi connectivity index (χ0n) is 22.9. The van der Waals surface area contributed by atoms with Crippen molar-refractivity contribution in [3.63, 3.8) is 0 Å². The van der Waals surface area contributed by atoms with Crippen LogP contribution in [0.2, 0.25) is 0 Å². The minimum atomic E-state index is -1.60. The highest BCUT2D eigenvalue weighted by Gasteiger charge is 2.39. The van der Waals surface area contributed by atoms with E-state index in [4.69, 9.17) is 17.2 Å². The quantitative estimate of drug-likeness (QED) is 0.0548. The first-order chi connectivity index (χ1) is 19.0. The predicted molar refractivity (Wildman–Crippen MR) is 152 cm³/mol. The van der Waals surface area contributed by atoms with Gasteiger partial charge < -0.3 is 48.9 Å². The monoisotopic (exact) mass is 619 g/mol. The summed E-state index contributed by atoms with van der Waals surface area (Å²) in [4.78, 5) is 90.8. The fraction of sp³-hybridized carbons (Fsp3) is 0.636. The Kier molecular flexibility index (Phi) is 14.2. The standard InChI is InChI=1S/C22H37N9O8S2/c1-10(32)28-13-9-40-41-22(2,3)16(17(23)36)31-19(38)12(7-15(34)35)29-14(33)8-27-18(37)11(30-20(13)39)5-4-6-26-21(24)25/h11-13,16H,4-9H2,1-3H3,(H2,23,36)(H,27,37)(H,28,32)(H,29,33)(H,30,39)(H,31,38)(H,34,35)(H4,24,25,26)/t11-,12-,13-,16+/m0/s1. The molecule has 0 aromatic heterocycles. The zero-order chi connectivity index (χ0) is 31.3. The number of guanidine groups is 1. The highest BCUT2D eigenvalue weighted by Crippen LogP contribution is 2.38. The number of carboxylic acids is 1. The van der Waals surface area contributed by atoms with Crippen LogP contribution in [0.3, 0.4) is 0 Å². The summed E-state index contributed by atoms with van der Waals surface area (Å²) in [5.41, 5.74) is 16.2. The highest BCUT2D eigenvalue weighted by molar-refractivity contribution is 8.77. The van der Waals surface area contributed by atoms with E-state index >= 15 is 0 Å². The van der Waals surface area contributed by atoms with Crippen molar-refractivity contribution in [2.45, 2.75) is 68.9 Å². The van der Waals surface area contributed by atoms with Crippen molar-refractivity contribution in [3.8, 4) is 0 Å². The lowest BCUT2D eigenvalue weighted by Crippen LogP contribution is -2.59. The molecule has 19 heteroatoms. The van der Waals surface area contributed by atoms with Crippen molar-refractivity contribution < 1.29 is 38.7 Å². The van der Waals surface area contributed by atoms with Crippen molar-refractivity contribution in [2.75, 3.05) is 18.8 Å². The molecule has 1 aliphatic heterocycles. The summed E-state index contributed by atoms with van der Waals surface area (Å²) in [5, 5.41) is 21.3. The lowest BCUT2D eigenvalue weighted by atomic mass is 10.0. The van der Waals surface area contributed by atoms with Gasteiger partial charge in [-0.05, 0) is 26.7 Å². The van der Waals surface area contributed by atoms with Gasteiger partial charge in [-0.1, -0.05) is 21.6 Å². The maximum absolute atomic E-state index is 13.1. The molecular weight excluding hydrogens is 582 g/mol. The molecule has 230 valence electrons. The molecule has 1 rings (SSSR count). The number of carbonyl (C=O) groups excluding carboxylic acids is 6. The zero-order valence-corrected chi connectivity index (χ0v) is 24.5. The van der Waals surface area contributed by atoms with Crippen LogP contribution in [-0.4, -0.2) is 100 Å². The van der Waals surface area contributed by atoms with Gasteiger partial charge >= 0.3 is 5.97 Å². The van der Waals surface area contributed by atoms with E-state index in [0.29, 0.717) is 0 Å². The van der Waals surface area contributed by atoms with Gasteiger partial charge in [0.05, 0.1) is 13.0 Å². The Morgan fingerprint density at radius 2 is 1.68 bits per heavy atom. The fourth-order valence-corrected chi connectivity index (χ4v) is 6.35. The number of primary amides is 1. The molecule has 4 atom stereocenters. The number of hydrogen-bond donors (Lipinski definition) is 9. The largest absolute Gasteiger partial charge is 0.481 e. The first-order valence-corrected chi connectivity index (χ1v) is 14.7. The molecule has 0 spiro atoms. The second kappa shape index (κ2) is 16.5. The minimum absolute atomic E-state index is 0.0110. The van der Waals surface area contributed by atoms with E-state index in [0.717, 1.165) is 21.6 Å². The van der Waals surface area contributed by atoms with Crippen LogP contribution in [0.5, 0.6) is 0 Å². The summed E-state index contributed by atoms with van der Waals surface area (Å²) in [5.74, 6) is -6.38. The minimum Gasteiger partial charge on any atom is -0.481 e. The predicted octanol–water partition coefficient (Wildman–Crippen LogP) is -3.75. The maximum atomic E-state index is 13.1. The van der Waals surface area contributed by atoms with Gasteiger partial charge in [0.25, 0.3) is 0 Å². The van der Waals surface area contributed by atoms with Crippen LogP contribution in [0.15, 0.2) is 4.99 Å². The Morgan fingerprint density at radius 1 is 1.02 bits per heavy atom. The van der Waals surface area contributed by atoms with Gasteiger partial charge in [0, 0.05) is 24.0 Å². The summed E-state index contributed by atoms with van der Waals surface area (Å²) in [7, 11) is 2.16. The number of amides is 6. The molecule has 17 nitrogen and oxygen atoms in total. The number of nitrogens with zero attached hydrogens (tertiary/aromatic N) is 1. The molecule has 0 bridgehead atoms. The van der Waals surface area contributed by atoms with E-state index in [9.17, 15) is 38.7 Å². The summed E-state index contributed by atoms with van der Waals surface area (Å²) in [6.45, 7) is 3.85. The normalized spacial score (nSPS) is 24.4. The molecule has 0 aromatic rings. The molecule has 6 amide bonds. The SMILES string of the molecule is CC(=O)N[C@H]1CSSC(C)(C)[C@@H](C(N)=O)NC(=O)[C@H](CC(=O)O)NC(=O)CNC(=O)[C@H](CCCN=C(N)N)NC1=O. The van der Waals surface area contributed by atoms with E-state index in [1.807, 2.05) is 0 Å². The van der Waals surface area contributed by atoms with E-state index in [1.54, 1.807) is 13.8 Å². The lowest BCUT2D eigenvalue weighted by Gasteiger charge is -2.33. The van der Waals surface area contributed by atoms with Crippen molar-refractivity contribution in [2.24, 2.45) is 22.2 Å².